The third kappa shape index (κ3) is 3.20. The summed E-state index contributed by atoms with van der Waals surface area (Å²) in [7, 11) is 0. The summed E-state index contributed by atoms with van der Waals surface area (Å²) in [4.78, 5) is 0. The molecule has 0 amide bonds. The molecule has 0 aliphatic carbocycles. The van der Waals surface area contributed by atoms with E-state index in [2.05, 4.69) is 71.5 Å². The van der Waals surface area contributed by atoms with E-state index >= 15 is 0 Å². The number of hydrogen-bond acceptors (Lipinski definition) is 2. The van der Waals surface area contributed by atoms with Crippen LogP contribution >= 0.6 is 15.9 Å². The normalized spacial score (nSPS) is 14.2. The first-order valence-corrected chi connectivity index (χ1v) is 7.93. The molecule has 0 saturated heterocycles. The monoisotopic (exact) mass is 343 g/mol. The molecule has 0 saturated carbocycles. The van der Waals surface area contributed by atoms with Gasteiger partial charge in [0.2, 0.25) is 0 Å². The molecule has 0 spiro atoms. The van der Waals surface area contributed by atoms with Gasteiger partial charge in [0, 0.05) is 15.9 Å². The summed E-state index contributed by atoms with van der Waals surface area (Å²) >= 11 is 3.47. The van der Waals surface area contributed by atoms with Crippen LogP contribution in [0.3, 0.4) is 0 Å². The van der Waals surface area contributed by atoms with Crippen LogP contribution in [-0.2, 0) is 0 Å². The van der Waals surface area contributed by atoms with Crippen molar-refractivity contribution in [3.63, 3.8) is 0 Å². The minimum Gasteiger partial charge on any atom is -0.459 e. The van der Waals surface area contributed by atoms with E-state index < -0.39 is 0 Å². The summed E-state index contributed by atoms with van der Waals surface area (Å²) in [5.74, 6) is 0.972. The molecule has 0 bridgehead atoms. The molecule has 3 aromatic rings. The number of nitrogens with one attached hydrogen (secondary N) is 1. The molecule has 2 atom stereocenters. The summed E-state index contributed by atoms with van der Waals surface area (Å²) in [5, 5.41) is 4.73. The maximum absolute atomic E-state index is 5.92. The Morgan fingerprint density at radius 2 is 1.67 bits per heavy atom. The van der Waals surface area contributed by atoms with Gasteiger partial charge in [0.25, 0.3) is 0 Å². The second kappa shape index (κ2) is 6.04. The van der Waals surface area contributed by atoms with Gasteiger partial charge < -0.3 is 9.73 Å². The third-order valence-corrected chi connectivity index (χ3v) is 4.27. The van der Waals surface area contributed by atoms with Crippen LogP contribution in [0.15, 0.2) is 63.5 Å². The van der Waals surface area contributed by atoms with E-state index in [0.717, 1.165) is 21.2 Å². The number of furan rings is 1. The van der Waals surface area contributed by atoms with Gasteiger partial charge in [-0.15, -0.1) is 0 Å². The predicted molar refractivity (Wildman–Crippen MR) is 90.3 cm³/mol. The molecule has 1 heterocycles. The van der Waals surface area contributed by atoms with Crippen molar-refractivity contribution in [3.05, 3.63) is 70.4 Å². The molecule has 2 aromatic carbocycles. The molecule has 3 heteroatoms. The van der Waals surface area contributed by atoms with Crippen LogP contribution in [0, 0.1) is 0 Å². The quantitative estimate of drug-likeness (QED) is 0.666. The Morgan fingerprint density at radius 1 is 0.952 bits per heavy atom. The van der Waals surface area contributed by atoms with Crippen molar-refractivity contribution in [2.45, 2.75) is 25.9 Å². The van der Waals surface area contributed by atoms with E-state index in [1.165, 1.54) is 5.56 Å². The van der Waals surface area contributed by atoms with Crippen molar-refractivity contribution < 1.29 is 4.42 Å². The molecule has 0 radical (unpaired) electrons. The number of hydrogen-bond donors (Lipinski definition) is 1. The van der Waals surface area contributed by atoms with E-state index in [1.807, 2.05) is 18.2 Å². The molecular weight excluding hydrogens is 326 g/mol. The fraction of sp³-hybridized carbons (Fsp3) is 0.222. The van der Waals surface area contributed by atoms with E-state index in [1.54, 1.807) is 0 Å². The predicted octanol–water partition coefficient (Wildman–Crippen LogP) is 5.61. The Balaban J connectivity index is 1.75. The first-order chi connectivity index (χ1) is 10.1. The van der Waals surface area contributed by atoms with E-state index in [4.69, 9.17) is 4.42 Å². The Kier molecular flexibility index (Phi) is 4.13. The topological polar surface area (TPSA) is 25.2 Å². The van der Waals surface area contributed by atoms with Crippen molar-refractivity contribution in [3.8, 4) is 0 Å². The molecule has 1 N–H and O–H groups in total. The summed E-state index contributed by atoms with van der Waals surface area (Å²) in [5.41, 5.74) is 2.21. The lowest BCUT2D eigenvalue weighted by Crippen LogP contribution is -2.22. The average molecular weight is 344 g/mol. The number of para-hydroxylation sites is 1. The van der Waals surface area contributed by atoms with Gasteiger partial charge in [0.15, 0.2) is 0 Å². The van der Waals surface area contributed by atoms with Crippen molar-refractivity contribution in [2.75, 3.05) is 0 Å². The van der Waals surface area contributed by atoms with Crippen LogP contribution in [-0.4, -0.2) is 0 Å². The SMILES string of the molecule is CC(N[C@H](C)c1ccc(Br)cc1)c1cc2ccccc2o1. The van der Waals surface area contributed by atoms with Gasteiger partial charge in [-0.3, -0.25) is 0 Å². The van der Waals surface area contributed by atoms with E-state index in [9.17, 15) is 0 Å². The average Bonchev–Trinajstić information content (AvgIpc) is 2.92. The van der Waals surface area contributed by atoms with Gasteiger partial charge in [-0.2, -0.15) is 0 Å². The largest absolute Gasteiger partial charge is 0.459 e. The van der Waals surface area contributed by atoms with Gasteiger partial charge >= 0.3 is 0 Å². The number of halogens is 1. The Labute approximate surface area is 133 Å². The molecular formula is C18H18BrNO. The lowest BCUT2D eigenvalue weighted by Gasteiger charge is -2.19. The smallest absolute Gasteiger partial charge is 0.134 e. The number of benzene rings is 2. The minimum atomic E-state index is 0.163. The maximum atomic E-state index is 5.92. The molecule has 1 unspecified atom stereocenters. The Hall–Kier alpha value is -1.58. The summed E-state index contributed by atoms with van der Waals surface area (Å²) in [6.07, 6.45) is 0. The van der Waals surface area contributed by atoms with Crippen LogP contribution in [0.25, 0.3) is 11.0 Å². The second-order valence-corrected chi connectivity index (χ2v) is 6.26. The molecule has 3 rings (SSSR count). The van der Waals surface area contributed by atoms with Crippen LogP contribution in [0.2, 0.25) is 0 Å². The van der Waals surface area contributed by atoms with Crippen LogP contribution in [0.5, 0.6) is 0 Å². The van der Waals surface area contributed by atoms with Crippen molar-refractivity contribution in [2.24, 2.45) is 0 Å². The minimum absolute atomic E-state index is 0.163. The highest BCUT2D eigenvalue weighted by molar-refractivity contribution is 9.10. The van der Waals surface area contributed by atoms with Crippen molar-refractivity contribution in [1.29, 1.82) is 0 Å². The summed E-state index contributed by atoms with van der Waals surface area (Å²) in [6, 6.07) is 19.1. The first kappa shape index (κ1) is 14.4. The maximum Gasteiger partial charge on any atom is 0.134 e. The van der Waals surface area contributed by atoms with Crippen LogP contribution in [0.1, 0.15) is 37.3 Å². The van der Waals surface area contributed by atoms with Gasteiger partial charge in [-0.1, -0.05) is 46.3 Å². The van der Waals surface area contributed by atoms with Crippen molar-refractivity contribution in [1.82, 2.24) is 5.32 Å². The lowest BCUT2D eigenvalue weighted by atomic mass is 10.1. The third-order valence-electron chi connectivity index (χ3n) is 3.74. The molecule has 108 valence electrons. The molecule has 2 nitrogen and oxygen atoms in total. The van der Waals surface area contributed by atoms with Gasteiger partial charge in [-0.05, 0) is 43.7 Å². The van der Waals surface area contributed by atoms with Gasteiger partial charge in [0.05, 0.1) is 6.04 Å². The standard InChI is InChI=1S/C18H18BrNO/c1-12(14-7-9-16(19)10-8-14)20-13(2)18-11-15-5-3-4-6-17(15)21-18/h3-13,20H,1-2H3/t12-,13?/m1/s1. The van der Waals surface area contributed by atoms with Crippen LogP contribution in [0.4, 0.5) is 0 Å². The van der Waals surface area contributed by atoms with Crippen LogP contribution < -0.4 is 5.32 Å². The molecule has 0 fully saturated rings. The molecule has 21 heavy (non-hydrogen) atoms. The van der Waals surface area contributed by atoms with Gasteiger partial charge in [0.1, 0.15) is 11.3 Å². The second-order valence-electron chi connectivity index (χ2n) is 5.35. The lowest BCUT2D eigenvalue weighted by molar-refractivity contribution is 0.417. The zero-order valence-corrected chi connectivity index (χ0v) is 13.7. The highest BCUT2D eigenvalue weighted by atomic mass is 79.9. The molecule has 1 aromatic heterocycles. The molecule has 0 aliphatic heterocycles. The van der Waals surface area contributed by atoms with Crippen molar-refractivity contribution >= 4 is 26.9 Å². The first-order valence-electron chi connectivity index (χ1n) is 7.13. The zero-order chi connectivity index (χ0) is 14.8. The zero-order valence-electron chi connectivity index (χ0n) is 12.1. The van der Waals surface area contributed by atoms with E-state index in [-0.39, 0.29) is 12.1 Å². The fourth-order valence-corrected chi connectivity index (χ4v) is 2.78. The summed E-state index contributed by atoms with van der Waals surface area (Å²) < 4.78 is 7.02. The van der Waals surface area contributed by atoms with E-state index in [0.29, 0.717) is 0 Å². The fourth-order valence-electron chi connectivity index (χ4n) is 2.52. The van der Waals surface area contributed by atoms with Gasteiger partial charge in [-0.25, -0.2) is 0 Å². The molecule has 0 aliphatic rings. The Bertz CT molecular complexity index is 699. The number of rotatable bonds is 4. The summed E-state index contributed by atoms with van der Waals surface area (Å²) in [6.45, 7) is 4.30. The highest BCUT2D eigenvalue weighted by Crippen LogP contribution is 2.26. The highest BCUT2D eigenvalue weighted by Gasteiger charge is 2.14. The Morgan fingerprint density at radius 3 is 2.38 bits per heavy atom. The number of fused-ring (bicyclic) bond motifs is 1.